The number of imidazole rings is 2. The van der Waals surface area contributed by atoms with Crippen LogP contribution in [0, 0.1) is 13.8 Å². The molecule has 0 aliphatic carbocycles. The van der Waals surface area contributed by atoms with E-state index in [1.165, 1.54) is 17.2 Å². The fraction of sp³-hybridized carbons (Fsp3) is 0.391. The average molecular weight is 438 g/mol. The summed E-state index contributed by atoms with van der Waals surface area (Å²) in [6.45, 7) is 5.59. The van der Waals surface area contributed by atoms with Crippen molar-refractivity contribution in [3.8, 4) is 5.69 Å². The Labute approximate surface area is 184 Å². The van der Waals surface area contributed by atoms with Crippen molar-refractivity contribution < 1.29 is 9.53 Å². The van der Waals surface area contributed by atoms with E-state index in [-0.39, 0.29) is 11.2 Å². The Morgan fingerprint density at radius 1 is 1.09 bits per heavy atom. The number of aryl methyl sites for hydroxylation is 3. The van der Waals surface area contributed by atoms with Crippen LogP contribution in [0.15, 0.2) is 33.9 Å². The summed E-state index contributed by atoms with van der Waals surface area (Å²) >= 11 is 0. The largest absolute Gasteiger partial charge is 0.468 e. The minimum absolute atomic E-state index is 0.255. The monoisotopic (exact) mass is 437 g/mol. The van der Waals surface area contributed by atoms with Crippen molar-refractivity contribution in [3.63, 3.8) is 0 Å². The van der Waals surface area contributed by atoms with Crippen molar-refractivity contribution in [1.82, 2.24) is 23.1 Å². The number of hydrogen-bond donors (Lipinski definition) is 0. The van der Waals surface area contributed by atoms with E-state index in [9.17, 15) is 14.4 Å². The van der Waals surface area contributed by atoms with Gasteiger partial charge < -0.3 is 4.74 Å². The Bertz CT molecular complexity index is 1450. The third-order valence-electron chi connectivity index (χ3n) is 6.05. The summed E-state index contributed by atoms with van der Waals surface area (Å²) in [7, 11) is 2.76. The van der Waals surface area contributed by atoms with Crippen LogP contribution in [-0.2, 0) is 29.5 Å². The first kappa shape index (κ1) is 21.6. The van der Waals surface area contributed by atoms with Gasteiger partial charge in [0.15, 0.2) is 11.2 Å². The number of rotatable bonds is 6. The van der Waals surface area contributed by atoms with Gasteiger partial charge in [-0.2, -0.15) is 4.98 Å². The number of carbonyl (C=O) groups is 1. The van der Waals surface area contributed by atoms with Gasteiger partial charge >= 0.3 is 11.7 Å². The molecule has 0 atom stereocenters. The highest BCUT2D eigenvalue weighted by atomic mass is 16.5. The number of carbonyl (C=O) groups excluding carboxylic acids is 1. The highest BCUT2D eigenvalue weighted by molar-refractivity contribution is 5.78. The van der Waals surface area contributed by atoms with E-state index in [0.29, 0.717) is 5.78 Å². The van der Waals surface area contributed by atoms with Crippen LogP contribution in [0.4, 0.5) is 0 Å². The van der Waals surface area contributed by atoms with Crippen LogP contribution in [0.1, 0.15) is 36.7 Å². The van der Waals surface area contributed by atoms with Crippen LogP contribution in [0.5, 0.6) is 0 Å². The van der Waals surface area contributed by atoms with Crippen molar-refractivity contribution in [3.05, 3.63) is 62.1 Å². The molecule has 32 heavy (non-hydrogen) atoms. The molecule has 9 heteroatoms. The molecule has 4 aromatic rings. The second kappa shape index (κ2) is 8.14. The molecule has 4 rings (SSSR count). The molecule has 0 bridgehead atoms. The molecule has 0 aliphatic rings. The normalized spacial score (nSPS) is 11.5. The third kappa shape index (κ3) is 3.24. The summed E-state index contributed by atoms with van der Waals surface area (Å²) in [5.41, 5.74) is 3.30. The molecule has 0 saturated carbocycles. The standard InChI is InChI=1S/C23H27N5O4/c1-6-7-8-16-9-11-17(12-10-16)27-14(2)15(3)28-19-20(24-22(27)28)25(4)23(31)26(21(19)30)13-18(29)32-5/h9-12H,6-8,13H2,1-5H3. The number of unbranched alkanes of at least 4 members (excludes halogenated alkanes) is 1. The maximum Gasteiger partial charge on any atom is 0.333 e. The minimum Gasteiger partial charge on any atom is -0.468 e. The van der Waals surface area contributed by atoms with Gasteiger partial charge in [0.05, 0.1) is 7.11 Å². The lowest BCUT2D eigenvalue weighted by Gasteiger charge is -2.08. The molecular formula is C23H27N5O4. The topological polar surface area (TPSA) is 92.5 Å². The van der Waals surface area contributed by atoms with Gasteiger partial charge in [0.25, 0.3) is 5.56 Å². The Hall–Kier alpha value is -3.62. The summed E-state index contributed by atoms with van der Waals surface area (Å²) in [5, 5.41) is 0. The Morgan fingerprint density at radius 3 is 2.41 bits per heavy atom. The summed E-state index contributed by atoms with van der Waals surface area (Å²) in [4.78, 5) is 42.4. The second-order valence-corrected chi connectivity index (χ2v) is 8.00. The van der Waals surface area contributed by atoms with E-state index in [0.717, 1.165) is 40.9 Å². The van der Waals surface area contributed by atoms with Gasteiger partial charge in [-0.3, -0.25) is 23.1 Å². The molecule has 1 aromatic carbocycles. The van der Waals surface area contributed by atoms with Gasteiger partial charge in [0.2, 0.25) is 5.78 Å². The predicted molar refractivity (Wildman–Crippen MR) is 122 cm³/mol. The van der Waals surface area contributed by atoms with Crippen LogP contribution >= 0.6 is 0 Å². The van der Waals surface area contributed by atoms with E-state index in [2.05, 4.69) is 28.8 Å². The highest BCUT2D eigenvalue weighted by Gasteiger charge is 2.24. The number of hydrogen-bond acceptors (Lipinski definition) is 5. The number of methoxy groups -OCH3 is 1. The molecular weight excluding hydrogens is 410 g/mol. The second-order valence-electron chi connectivity index (χ2n) is 8.00. The van der Waals surface area contributed by atoms with Gasteiger partial charge in [-0.15, -0.1) is 0 Å². The molecule has 9 nitrogen and oxygen atoms in total. The molecule has 0 radical (unpaired) electrons. The lowest BCUT2D eigenvalue weighted by molar-refractivity contribution is -0.141. The molecule has 168 valence electrons. The lowest BCUT2D eigenvalue weighted by Crippen LogP contribution is -2.41. The zero-order chi connectivity index (χ0) is 23.2. The summed E-state index contributed by atoms with van der Waals surface area (Å²) in [6.07, 6.45) is 3.32. The Balaban J connectivity index is 1.98. The number of aromatic nitrogens is 5. The first-order chi connectivity index (χ1) is 15.3. The molecule has 0 spiro atoms. The van der Waals surface area contributed by atoms with Crippen molar-refractivity contribution in [2.75, 3.05) is 7.11 Å². The molecule has 0 saturated heterocycles. The molecule has 0 fully saturated rings. The number of esters is 1. The predicted octanol–water partition coefficient (Wildman–Crippen LogP) is 2.27. The fourth-order valence-electron chi connectivity index (χ4n) is 4.09. The van der Waals surface area contributed by atoms with Gasteiger partial charge in [-0.05, 0) is 44.4 Å². The first-order valence-corrected chi connectivity index (χ1v) is 10.7. The average Bonchev–Trinajstić information content (AvgIpc) is 3.29. The van der Waals surface area contributed by atoms with E-state index in [1.54, 1.807) is 11.4 Å². The van der Waals surface area contributed by atoms with Gasteiger partial charge in [-0.1, -0.05) is 25.5 Å². The van der Waals surface area contributed by atoms with Crippen molar-refractivity contribution in [2.45, 2.75) is 46.6 Å². The minimum atomic E-state index is -0.669. The molecule has 0 aliphatic heterocycles. The number of nitrogens with zero attached hydrogens (tertiary/aromatic N) is 5. The lowest BCUT2D eigenvalue weighted by atomic mass is 10.1. The molecule has 3 heterocycles. The maximum atomic E-state index is 13.3. The van der Waals surface area contributed by atoms with Crippen LogP contribution in [-0.4, -0.2) is 36.2 Å². The third-order valence-corrected chi connectivity index (χ3v) is 6.05. The fourth-order valence-corrected chi connectivity index (χ4v) is 4.09. The van der Waals surface area contributed by atoms with Gasteiger partial charge in [0.1, 0.15) is 6.54 Å². The van der Waals surface area contributed by atoms with Gasteiger partial charge in [0, 0.05) is 24.1 Å². The summed E-state index contributed by atoms with van der Waals surface area (Å²) < 4.78 is 10.6. The highest BCUT2D eigenvalue weighted by Crippen LogP contribution is 2.25. The van der Waals surface area contributed by atoms with Crippen LogP contribution < -0.4 is 11.2 Å². The summed E-state index contributed by atoms with van der Waals surface area (Å²) in [6, 6.07) is 8.31. The number of ether oxygens (including phenoxy) is 1. The first-order valence-electron chi connectivity index (χ1n) is 10.7. The Kier molecular flexibility index (Phi) is 5.50. The number of benzene rings is 1. The molecule has 0 N–H and O–H groups in total. The van der Waals surface area contributed by atoms with Crippen molar-refractivity contribution >= 4 is 22.9 Å². The van der Waals surface area contributed by atoms with E-state index < -0.39 is 23.8 Å². The van der Waals surface area contributed by atoms with Crippen molar-refractivity contribution in [2.24, 2.45) is 7.05 Å². The SMILES string of the molecule is CCCCc1ccc(-n2c(C)c(C)n3c4c(=O)n(CC(=O)OC)c(=O)n(C)c4nc23)cc1. The molecule has 3 aromatic heterocycles. The van der Waals surface area contributed by atoms with Crippen LogP contribution in [0.3, 0.4) is 0 Å². The zero-order valence-electron chi connectivity index (χ0n) is 19.0. The van der Waals surface area contributed by atoms with Gasteiger partial charge in [-0.25, -0.2) is 9.36 Å². The van der Waals surface area contributed by atoms with E-state index in [1.807, 2.05) is 30.5 Å². The van der Waals surface area contributed by atoms with Crippen LogP contribution in [0.25, 0.3) is 22.6 Å². The Morgan fingerprint density at radius 2 is 1.78 bits per heavy atom. The number of fused-ring (bicyclic) bond motifs is 3. The van der Waals surface area contributed by atoms with E-state index in [4.69, 9.17) is 0 Å². The maximum absolute atomic E-state index is 13.3. The summed E-state index contributed by atoms with van der Waals surface area (Å²) in [5.74, 6) is -0.128. The van der Waals surface area contributed by atoms with Crippen LogP contribution in [0.2, 0.25) is 0 Å². The molecule has 0 unspecified atom stereocenters. The van der Waals surface area contributed by atoms with E-state index >= 15 is 0 Å². The quantitative estimate of drug-likeness (QED) is 0.432. The zero-order valence-corrected chi connectivity index (χ0v) is 19.0. The smallest absolute Gasteiger partial charge is 0.333 e. The molecule has 0 amide bonds. The van der Waals surface area contributed by atoms with Crippen molar-refractivity contribution in [1.29, 1.82) is 0 Å².